The van der Waals surface area contributed by atoms with Crippen molar-refractivity contribution in [2.75, 3.05) is 0 Å². The van der Waals surface area contributed by atoms with Gasteiger partial charge in [-0.3, -0.25) is 0 Å². The van der Waals surface area contributed by atoms with Gasteiger partial charge in [0.2, 0.25) is 0 Å². The van der Waals surface area contributed by atoms with Crippen molar-refractivity contribution in [1.29, 1.82) is 0 Å². The molecule has 0 saturated carbocycles. The van der Waals surface area contributed by atoms with Gasteiger partial charge in [0.25, 0.3) is 0 Å². The first-order valence-corrected chi connectivity index (χ1v) is 4.48. The fraction of sp³-hybridized carbons (Fsp3) is 0.333. The second-order valence-electron chi connectivity index (χ2n) is 2.83. The summed E-state index contributed by atoms with van der Waals surface area (Å²) in [7, 11) is 0. The highest BCUT2D eigenvalue weighted by Crippen LogP contribution is 2.22. The number of hydrogen-bond acceptors (Lipinski definition) is 2. The monoisotopic (exact) mass is 211 g/mol. The number of benzene rings is 1. The van der Waals surface area contributed by atoms with Crippen LogP contribution in [-0.2, 0) is 0 Å². The summed E-state index contributed by atoms with van der Waals surface area (Å²) in [5.74, 6) is 0.675. The molecule has 1 atom stereocenters. The van der Waals surface area contributed by atoms with Crippen LogP contribution < -0.4 is 4.74 Å². The number of azide groups is 1. The molecule has 1 rings (SSSR count). The van der Waals surface area contributed by atoms with E-state index >= 15 is 0 Å². The van der Waals surface area contributed by atoms with E-state index in [0.717, 1.165) is 5.56 Å². The van der Waals surface area contributed by atoms with Crippen molar-refractivity contribution in [3.05, 3.63) is 39.2 Å². The molecular formula is C9H10ClN3O. The van der Waals surface area contributed by atoms with Gasteiger partial charge in [-0.05, 0) is 43.1 Å². The van der Waals surface area contributed by atoms with Crippen LogP contribution >= 0.6 is 11.6 Å². The van der Waals surface area contributed by atoms with E-state index in [1.807, 2.05) is 6.92 Å². The van der Waals surface area contributed by atoms with Crippen molar-refractivity contribution in [1.82, 2.24) is 0 Å². The molecule has 14 heavy (non-hydrogen) atoms. The van der Waals surface area contributed by atoms with E-state index in [1.54, 1.807) is 25.1 Å². The van der Waals surface area contributed by atoms with Gasteiger partial charge in [0.1, 0.15) is 5.75 Å². The first-order valence-electron chi connectivity index (χ1n) is 4.10. The molecule has 0 spiro atoms. The SMILES string of the molecule is Cc1cc(Cl)ccc1OC(C)N=[N+]=[N-]. The Balaban J connectivity index is 2.81. The van der Waals surface area contributed by atoms with Crippen LogP contribution in [-0.4, -0.2) is 6.23 Å². The van der Waals surface area contributed by atoms with E-state index in [1.165, 1.54) is 0 Å². The average Bonchev–Trinajstić information content (AvgIpc) is 2.10. The van der Waals surface area contributed by atoms with Gasteiger partial charge >= 0.3 is 0 Å². The van der Waals surface area contributed by atoms with Crippen LogP contribution in [0.4, 0.5) is 0 Å². The summed E-state index contributed by atoms with van der Waals surface area (Å²) >= 11 is 5.78. The zero-order chi connectivity index (χ0) is 10.6. The molecule has 1 aromatic rings. The summed E-state index contributed by atoms with van der Waals surface area (Å²) in [5.41, 5.74) is 9.10. The molecule has 74 valence electrons. The number of aryl methyl sites for hydroxylation is 1. The molecule has 0 aromatic heterocycles. The molecule has 0 fully saturated rings. The summed E-state index contributed by atoms with van der Waals surface area (Å²) < 4.78 is 5.36. The van der Waals surface area contributed by atoms with Gasteiger partial charge < -0.3 is 4.74 Å². The largest absolute Gasteiger partial charge is 0.484 e. The Morgan fingerprint density at radius 2 is 2.29 bits per heavy atom. The zero-order valence-electron chi connectivity index (χ0n) is 7.94. The van der Waals surface area contributed by atoms with E-state index in [-0.39, 0.29) is 0 Å². The highest BCUT2D eigenvalue weighted by molar-refractivity contribution is 6.30. The molecule has 0 bridgehead atoms. The third-order valence-electron chi connectivity index (χ3n) is 1.65. The Hall–Kier alpha value is -1.38. The quantitative estimate of drug-likeness (QED) is 0.427. The molecule has 0 N–H and O–H groups in total. The van der Waals surface area contributed by atoms with Crippen LogP contribution in [0.5, 0.6) is 5.75 Å². The van der Waals surface area contributed by atoms with E-state index in [9.17, 15) is 0 Å². The summed E-state index contributed by atoms with van der Waals surface area (Å²) in [6, 6.07) is 5.27. The van der Waals surface area contributed by atoms with Gasteiger partial charge in [-0.25, -0.2) is 0 Å². The van der Waals surface area contributed by atoms with Crippen molar-refractivity contribution < 1.29 is 4.74 Å². The van der Waals surface area contributed by atoms with Crippen LogP contribution in [0.2, 0.25) is 5.02 Å². The molecule has 0 aliphatic heterocycles. The van der Waals surface area contributed by atoms with Gasteiger partial charge in [-0.1, -0.05) is 16.7 Å². The number of hydrogen-bond donors (Lipinski definition) is 0. The molecule has 0 saturated heterocycles. The van der Waals surface area contributed by atoms with E-state index < -0.39 is 6.23 Å². The van der Waals surface area contributed by atoms with Crippen LogP contribution in [0.3, 0.4) is 0 Å². The maximum Gasteiger partial charge on any atom is 0.174 e. The molecule has 0 aliphatic rings. The lowest BCUT2D eigenvalue weighted by atomic mass is 10.2. The first kappa shape index (κ1) is 10.7. The van der Waals surface area contributed by atoms with Gasteiger partial charge in [0.05, 0.1) is 0 Å². The van der Waals surface area contributed by atoms with Gasteiger partial charge in [0, 0.05) is 9.93 Å². The molecule has 5 heteroatoms. The molecule has 0 aliphatic carbocycles. The predicted octanol–water partition coefficient (Wildman–Crippen LogP) is 3.68. The Morgan fingerprint density at radius 3 is 2.86 bits per heavy atom. The maximum absolute atomic E-state index is 8.19. The van der Waals surface area contributed by atoms with Gasteiger partial charge in [-0.2, -0.15) is 0 Å². The van der Waals surface area contributed by atoms with Gasteiger partial charge in [0.15, 0.2) is 6.23 Å². The third-order valence-corrected chi connectivity index (χ3v) is 1.88. The Labute approximate surface area is 87.1 Å². The second-order valence-corrected chi connectivity index (χ2v) is 3.27. The highest BCUT2D eigenvalue weighted by atomic mass is 35.5. The third kappa shape index (κ3) is 2.83. The van der Waals surface area contributed by atoms with Crippen LogP contribution in [0.1, 0.15) is 12.5 Å². The molecule has 4 nitrogen and oxygen atoms in total. The lowest BCUT2D eigenvalue weighted by Gasteiger charge is -2.11. The lowest BCUT2D eigenvalue weighted by molar-refractivity contribution is 0.228. The van der Waals surface area contributed by atoms with Crippen LogP contribution in [0.15, 0.2) is 23.3 Å². The fourth-order valence-electron chi connectivity index (χ4n) is 1.03. The van der Waals surface area contributed by atoms with E-state index in [0.29, 0.717) is 10.8 Å². The molecule has 1 unspecified atom stereocenters. The van der Waals surface area contributed by atoms with Crippen molar-refractivity contribution >= 4 is 11.6 Å². The summed E-state index contributed by atoms with van der Waals surface area (Å²) in [4.78, 5) is 2.65. The Morgan fingerprint density at radius 1 is 1.57 bits per heavy atom. The van der Waals surface area contributed by atoms with Crippen molar-refractivity contribution in [2.45, 2.75) is 20.1 Å². The van der Waals surface area contributed by atoms with E-state index in [4.69, 9.17) is 21.9 Å². The maximum atomic E-state index is 8.19. The number of ether oxygens (including phenoxy) is 1. The molecule has 0 amide bonds. The summed E-state index contributed by atoms with van der Waals surface area (Å²) in [5, 5.41) is 4.07. The molecule has 1 aromatic carbocycles. The topological polar surface area (TPSA) is 58.0 Å². The number of halogens is 1. The smallest absolute Gasteiger partial charge is 0.174 e. The average molecular weight is 212 g/mol. The Bertz CT molecular complexity index is 374. The van der Waals surface area contributed by atoms with Crippen molar-refractivity contribution in [3.63, 3.8) is 0 Å². The normalized spacial score (nSPS) is 11.6. The summed E-state index contributed by atoms with van der Waals surface area (Å²) in [6.07, 6.45) is -0.514. The molecule has 0 radical (unpaired) electrons. The lowest BCUT2D eigenvalue weighted by Crippen LogP contribution is -2.07. The van der Waals surface area contributed by atoms with Crippen molar-refractivity contribution in [3.8, 4) is 5.75 Å². The molecule has 0 heterocycles. The predicted molar refractivity (Wildman–Crippen MR) is 55.4 cm³/mol. The minimum atomic E-state index is -0.514. The second kappa shape index (κ2) is 4.74. The summed E-state index contributed by atoms with van der Waals surface area (Å²) in [6.45, 7) is 3.55. The van der Waals surface area contributed by atoms with Crippen molar-refractivity contribution in [2.24, 2.45) is 5.11 Å². The molecular weight excluding hydrogens is 202 g/mol. The number of rotatable bonds is 3. The minimum Gasteiger partial charge on any atom is -0.484 e. The standard InChI is InChI=1S/C9H10ClN3O/c1-6-5-8(10)3-4-9(6)14-7(2)12-13-11/h3-5,7H,1-2H3. The zero-order valence-corrected chi connectivity index (χ0v) is 8.69. The van der Waals surface area contributed by atoms with Crippen LogP contribution in [0, 0.1) is 6.92 Å². The number of nitrogens with zero attached hydrogens (tertiary/aromatic N) is 3. The minimum absolute atomic E-state index is 0.514. The highest BCUT2D eigenvalue weighted by Gasteiger charge is 2.03. The fourth-order valence-corrected chi connectivity index (χ4v) is 1.25. The van der Waals surface area contributed by atoms with E-state index in [2.05, 4.69) is 10.0 Å². The van der Waals surface area contributed by atoms with Crippen LogP contribution in [0.25, 0.3) is 10.4 Å². The first-order chi connectivity index (χ1) is 6.63. The van der Waals surface area contributed by atoms with Gasteiger partial charge in [-0.15, -0.1) is 0 Å². The Kier molecular flexibility index (Phi) is 3.63.